The second-order valence-electron chi connectivity index (χ2n) is 4.00. The second-order valence-corrected chi connectivity index (χ2v) is 5.06. The van der Waals surface area contributed by atoms with Gasteiger partial charge in [0.05, 0.1) is 11.2 Å². The molecule has 2 rings (SSSR count). The highest BCUT2D eigenvalue weighted by atomic mass is 32.1. The van der Waals surface area contributed by atoms with Gasteiger partial charge in [-0.25, -0.2) is 4.98 Å². The molecule has 0 aromatic carbocycles. The molecule has 0 aliphatic heterocycles. The zero-order chi connectivity index (χ0) is 9.26. The van der Waals surface area contributed by atoms with Crippen molar-refractivity contribution in [2.45, 2.75) is 38.6 Å². The smallest absolute Gasteiger partial charge is 0.0797 e. The van der Waals surface area contributed by atoms with Gasteiger partial charge in [-0.3, -0.25) is 0 Å². The normalized spacial score (nSPS) is 18.9. The lowest BCUT2D eigenvalue weighted by molar-refractivity contribution is 0.561. The molecule has 0 bridgehead atoms. The van der Waals surface area contributed by atoms with Crippen LogP contribution in [0.3, 0.4) is 0 Å². The molecule has 1 aliphatic carbocycles. The average molecular weight is 196 g/mol. The maximum Gasteiger partial charge on any atom is 0.0797 e. The SMILES string of the molecule is Cc1scnc1CC(N)CC1CC1. The van der Waals surface area contributed by atoms with E-state index in [2.05, 4.69) is 11.9 Å². The number of rotatable bonds is 4. The molecule has 72 valence electrons. The Balaban J connectivity index is 1.85. The van der Waals surface area contributed by atoms with Crippen molar-refractivity contribution in [1.29, 1.82) is 0 Å². The first-order valence-corrected chi connectivity index (χ1v) is 5.78. The summed E-state index contributed by atoms with van der Waals surface area (Å²) in [5.74, 6) is 0.925. The third-order valence-electron chi connectivity index (χ3n) is 2.63. The Kier molecular flexibility index (Phi) is 2.65. The summed E-state index contributed by atoms with van der Waals surface area (Å²) >= 11 is 1.71. The van der Waals surface area contributed by atoms with Crippen molar-refractivity contribution in [2.75, 3.05) is 0 Å². The summed E-state index contributed by atoms with van der Waals surface area (Å²) in [5.41, 5.74) is 9.16. The van der Waals surface area contributed by atoms with Gasteiger partial charge in [-0.05, 0) is 19.3 Å². The van der Waals surface area contributed by atoms with E-state index in [9.17, 15) is 0 Å². The molecule has 1 aromatic heterocycles. The molecule has 1 heterocycles. The van der Waals surface area contributed by atoms with Gasteiger partial charge in [0.25, 0.3) is 0 Å². The molecule has 13 heavy (non-hydrogen) atoms. The number of thiazole rings is 1. The van der Waals surface area contributed by atoms with Gasteiger partial charge in [-0.1, -0.05) is 12.8 Å². The summed E-state index contributed by atoms with van der Waals surface area (Å²) in [5, 5.41) is 0. The zero-order valence-electron chi connectivity index (χ0n) is 7.99. The van der Waals surface area contributed by atoms with Crippen LogP contribution in [0.5, 0.6) is 0 Å². The largest absolute Gasteiger partial charge is 0.327 e. The Morgan fingerprint density at radius 1 is 1.69 bits per heavy atom. The number of aromatic nitrogens is 1. The van der Waals surface area contributed by atoms with Crippen LogP contribution >= 0.6 is 11.3 Å². The summed E-state index contributed by atoms with van der Waals surface area (Å²) in [6, 6.07) is 0.327. The predicted molar refractivity (Wildman–Crippen MR) is 55.9 cm³/mol. The molecule has 1 fully saturated rings. The lowest BCUT2D eigenvalue weighted by Crippen LogP contribution is -2.23. The Hall–Kier alpha value is -0.410. The summed E-state index contributed by atoms with van der Waals surface area (Å²) in [6.45, 7) is 2.12. The lowest BCUT2D eigenvalue weighted by Gasteiger charge is -2.09. The molecule has 0 saturated heterocycles. The van der Waals surface area contributed by atoms with E-state index >= 15 is 0 Å². The molecule has 1 atom stereocenters. The van der Waals surface area contributed by atoms with Gasteiger partial charge >= 0.3 is 0 Å². The minimum absolute atomic E-state index is 0.327. The minimum Gasteiger partial charge on any atom is -0.327 e. The number of aryl methyl sites for hydroxylation is 1. The Morgan fingerprint density at radius 2 is 2.46 bits per heavy atom. The first-order valence-electron chi connectivity index (χ1n) is 4.90. The van der Waals surface area contributed by atoms with Gasteiger partial charge in [0.15, 0.2) is 0 Å². The van der Waals surface area contributed by atoms with Crippen molar-refractivity contribution in [3.63, 3.8) is 0 Å². The van der Waals surface area contributed by atoms with Gasteiger partial charge in [0, 0.05) is 17.3 Å². The molecule has 1 saturated carbocycles. The van der Waals surface area contributed by atoms with Crippen LogP contribution in [-0.4, -0.2) is 11.0 Å². The second kappa shape index (κ2) is 3.76. The van der Waals surface area contributed by atoms with Crippen LogP contribution in [0.15, 0.2) is 5.51 Å². The van der Waals surface area contributed by atoms with E-state index < -0.39 is 0 Å². The third kappa shape index (κ3) is 2.51. The number of hydrogen-bond donors (Lipinski definition) is 1. The summed E-state index contributed by atoms with van der Waals surface area (Å²) in [6.07, 6.45) is 4.94. The highest BCUT2D eigenvalue weighted by Gasteiger charge is 2.24. The molecular formula is C10H16N2S. The van der Waals surface area contributed by atoms with Crippen LogP contribution < -0.4 is 5.73 Å². The van der Waals surface area contributed by atoms with E-state index in [0.29, 0.717) is 6.04 Å². The maximum atomic E-state index is 6.04. The van der Waals surface area contributed by atoms with Gasteiger partial charge in [-0.2, -0.15) is 0 Å². The van der Waals surface area contributed by atoms with Crippen LogP contribution in [0.4, 0.5) is 0 Å². The number of nitrogens with two attached hydrogens (primary N) is 1. The summed E-state index contributed by atoms with van der Waals surface area (Å²) < 4.78 is 0. The van der Waals surface area contributed by atoms with Gasteiger partial charge in [0.2, 0.25) is 0 Å². The molecule has 3 heteroatoms. The lowest BCUT2D eigenvalue weighted by atomic mass is 10.1. The average Bonchev–Trinajstić information content (AvgIpc) is 2.79. The monoisotopic (exact) mass is 196 g/mol. The van der Waals surface area contributed by atoms with E-state index in [4.69, 9.17) is 5.73 Å². The molecular weight excluding hydrogens is 180 g/mol. The molecule has 0 spiro atoms. The predicted octanol–water partition coefficient (Wildman–Crippen LogP) is 2.12. The van der Waals surface area contributed by atoms with E-state index in [1.165, 1.54) is 29.8 Å². The van der Waals surface area contributed by atoms with E-state index in [1.807, 2.05) is 5.51 Å². The molecule has 1 aromatic rings. The quantitative estimate of drug-likeness (QED) is 0.801. The molecule has 0 amide bonds. The topological polar surface area (TPSA) is 38.9 Å². The van der Waals surface area contributed by atoms with E-state index in [0.717, 1.165) is 12.3 Å². The maximum absolute atomic E-state index is 6.04. The van der Waals surface area contributed by atoms with Crippen LogP contribution in [0.25, 0.3) is 0 Å². The number of hydrogen-bond acceptors (Lipinski definition) is 3. The summed E-state index contributed by atoms with van der Waals surface area (Å²) in [4.78, 5) is 5.65. The third-order valence-corrected chi connectivity index (χ3v) is 3.43. The first-order chi connectivity index (χ1) is 6.25. The van der Waals surface area contributed by atoms with E-state index in [-0.39, 0.29) is 0 Å². The van der Waals surface area contributed by atoms with Crippen LogP contribution in [0.2, 0.25) is 0 Å². The molecule has 1 aliphatic rings. The molecule has 0 radical (unpaired) electrons. The van der Waals surface area contributed by atoms with Gasteiger partial charge in [0.1, 0.15) is 0 Å². The Morgan fingerprint density at radius 3 is 3.00 bits per heavy atom. The van der Waals surface area contributed by atoms with Crippen molar-refractivity contribution in [3.8, 4) is 0 Å². The highest BCUT2D eigenvalue weighted by molar-refractivity contribution is 7.09. The van der Waals surface area contributed by atoms with Crippen molar-refractivity contribution in [1.82, 2.24) is 4.98 Å². The van der Waals surface area contributed by atoms with Crippen molar-refractivity contribution < 1.29 is 0 Å². The van der Waals surface area contributed by atoms with Gasteiger partial charge in [-0.15, -0.1) is 11.3 Å². The standard InChI is InChI=1S/C10H16N2S/c1-7-10(12-6-13-7)5-9(11)4-8-2-3-8/h6,8-9H,2-5,11H2,1H3. The minimum atomic E-state index is 0.327. The molecule has 2 N–H and O–H groups in total. The van der Waals surface area contributed by atoms with E-state index in [1.54, 1.807) is 11.3 Å². The number of nitrogens with zero attached hydrogens (tertiary/aromatic N) is 1. The van der Waals surface area contributed by atoms with Crippen molar-refractivity contribution >= 4 is 11.3 Å². The Bertz CT molecular complexity index is 278. The molecule has 2 nitrogen and oxygen atoms in total. The fourth-order valence-corrected chi connectivity index (χ4v) is 2.25. The van der Waals surface area contributed by atoms with Crippen LogP contribution in [0.1, 0.15) is 29.8 Å². The molecule has 1 unspecified atom stereocenters. The van der Waals surface area contributed by atoms with Crippen LogP contribution in [-0.2, 0) is 6.42 Å². The van der Waals surface area contributed by atoms with Crippen LogP contribution in [0, 0.1) is 12.8 Å². The van der Waals surface area contributed by atoms with Gasteiger partial charge < -0.3 is 5.73 Å². The zero-order valence-corrected chi connectivity index (χ0v) is 8.81. The fraction of sp³-hybridized carbons (Fsp3) is 0.700. The Labute approximate surface area is 83.2 Å². The van der Waals surface area contributed by atoms with Crippen molar-refractivity contribution in [2.24, 2.45) is 11.7 Å². The fourth-order valence-electron chi connectivity index (χ4n) is 1.64. The first kappa shape index (κ1) is 9.16. The van der Waals surface area contributed by atoms with Crippen molar-refractivity contribution in [3.05, 3.63) is 16.1 Å². The highest BCUT2D eigenvalue weighted by Crippen LogP contribution is 2.33. The summed E-state index contributed by atoms with van der Waals surface area (Å²) in [7, 11) is 0.